The molecule has 0 aromatic heterocycles. The van der Waals surface area contributed by atoms with E-state index in [2.05, 4.69) is 28.2 Å². The monoisotopic (exact) mass is 135 g/mol. The lowest BCUT2D eigenvalue weighted by Gasteiger charge is -2.14. The summed E-state index contributed by atoms with van der Waals surface area (Å²) in [6, 6.07) is 0. The Hall–Kier alpha value is -0.770. The van der Waals surface area contributed by atoms with Gasteiger partial charge in [0, 0.05) is 0 Å². The van der Waals surface area contributed by atoms with Gasteiger partial charge in [0.2, 0.25) is 0 Å². The molecule has 0 radical (unpaired) electrons. The molecule has 0 fully saturated rings. The summed E-state index contributed by atoms with van der Waals surface area (Å²) < 4.78 is 1.00. The van der Waals surface area contributed by atoms with Gasteiger partial charge >= 0.3 is 1.43 Å². The fraction of sp³-hybridized carbons (Fsp3) is 0.800. The second-order valence-corrected chi connectivity index (χ2v) is 2.93. The maximum absolute atomic E-state index is 8.33. The Kier molecular flexibility index (Phi) is 5.10. The van der Waals surface area contributed by atoms with Crippen molar-refractivity contribution in [2.75, 3.05) is 28.2 Å². The second-order valence-electron chi connectivity index (χ2n) is 2.93. The van der Waals surface area contributed by atoms with E-state index in [0.717, 1.165) is 4.48 Å². The molecular formula is C5H13NO3. The van der Waals surface area contributed by atoms with Crippen LogP contribution in [-0.2, 0) is 0 Å². The van der Waals surface area contributed by atoms with E-state index >= 15 is 0 Å². The Balaban J connectivity index is -0.0000000910. The summed E-state index contributed by atoms with van der Waals surface area (Å²) in [5, 5.41) is 16.7. The molecule has 9 heavy (non-hydrogen) atoms. The third-order valence-electron chi connectivity index (χ3n) is 0. The Morgan fingerprint density at radius 2 is 1.22 bits per heavy atom. The highest BCUT2D eigenvalue weighted by Gasteiger charge is 1.88. The van der Waals surface area contributed by atoms with Crippen LogP contribution in [0.2, 0.25) is 0 Å². The number of hydrogen-bond donors (Lipinski definition) is 0. The van der Waals surface area contributed by atoms with Crippen LogP contribution in [0.15, 0.2) is 0 Å². The lowest BCUT2D eigenvalue weighted by atomic mass is 10.8. The van der Waals surface area contributed by atoms with Crippen LogP contribution in [0.3, 0.4) is 0 Å². The molecule has 4 heteroatoms. The summed E-state index contributed by atoms with van der Waals surface area (Å²) in [7, 11) is 8.50. The van der Waals surface area contributed by atoms with E-state index in [1.54, 1.807) is 0 Å². The molecule has 0 atom stereocenters. The zero-order valence-corrected chi connectivity index (χ0v) is 6.17. The van der Waals surface area contributed by atoms with Crippen molar-refractivity contribution in [2.24, 2.45) is 0 Å². The van der Waals surface area contributed by atoms with E-state index in [9.17, 15) is 0 Å². The van der Waals surface area contributed by atoms with Crippen molar-refractivity contribution in [1.29, 1.82) is 0 Å². The highest BCUT2D eigenvalue weighted by Crippen LogP contribution is 1.73. The molecule has 0 saturated heterocycles. The van der Waals surface area contributed by atoms with E-state index in [1.165, 1.54) is 0 Å². The molecule has 0 unspecified atom stereocenters. The smallest absolute Gasteiger partial charge is 0.652 e. The minimum atomic E-state index is -2.33. The van der Waals surface area contributed by atoms with E-state index < -0.39 is 6.16 Å². The van der Waals surface area contributed by atoms with Crippen molar-refractivity contribution in [3.63, 3.8) is 0 Å². The Morgan fingerprint density at radius 1 is 1.22 bits per heavy atom. The number of hydrogen-bond acceptors (Lipinski definition) is 3. The molecule has 0 spiro atoms. The third-order valence-corrected chi connectivity index (χ3v) is 0. The van der Waals surface area contributed by atoms with Crippen molar-refractivity contribution >= 4 is 6.16 Å². The summed E-state index contributed by atoms with van der Waals surface area (Å²) in [6.45, 7) is 0. The van der Waals surface area contributed by atoms with Crippen LogP contribution in [0, 0.1) is 0 Å². The van der Waals surface area contributed by atoms with Gasteiger partial charge in [0.05, 0.1) is 28.2 Å². The largest absolute Gasteiger partial charge is 1.00 e. The van der Waals surface area contributed by atoms with Crippen LogP contribution in [-0.4, -0.2) is 38.8 Å². The van der Waals surface area contributed by atoms with Gasteiger partial charge in [-0.3, -0.25) is 0 Å². The van der Waals surface area contributed by atoms with E-state index in [-0.39, 0.29) is 1.43 Å². The molecular weight excluding hydrogens is 122 g/mol. The van der Waals surface area contributed by atoms with Gasteiger partial charge in [0.1, 0.15) is 0 Å². The summed E-state index contributed by atoms with van der Waals surface area (Å²) >= 11 is 0. The average Bonchev–Trinajstić information content (AvgIpc) is 1.19. The Morgan fingerprint density at radius 3 is 1.22 bits per heavy atom. The van der Waals surface area contributed by atoms with Gasteiger partial charge in [-0.1, -0.05) is 0 Å². The second kappa shape index (κ2) is 4.14. The molecule has 0 aromatic rings. The number of carbonyl (C=O) groups excluding carboxylic acids is 1. The zero-order valence-electron chi connectivity index (χ0n) is 7.17. The van der Waals surface area contributed by atoms with Gasteiger partial charge in [-0.15, -0.1) is 0 Å². The molecule has 0 N–H and O–H groups in total. The molecule has 0 saturated carbocycles. The van der Waals surface area contributed by atoms with Crippen LogP contribution in [0.5, 0.6) is 0 Å². The van der Waals surface area contributed by atoms with Gasteiger partial charge in [-0.25, -0.2) is 0 Å². The molecule has 0 heterocycles. The van der Waals surface area contributed by atoms with Gasteiger partial charge in [-0.05, 0) is 6.16 Å². The minimum absolute atomic E-state index is 0. The van der Waals surface area contributed by atoms with Crippen molar-refractivity contribution in [3.05, 3.63) is 0 Å². The van der Waals surface area contributed by atoms with Crippen LogP contribution in [0.4, 0.5) is 4.79 Å². The normalized spacial score (nSPS) is 9.33. The Labute approximate surface area is 56.4 Å². The molecule has 0 aliphatic rings. The first-order valence-electron chi connectivity index (χ1n) is 2.40. The lowest BCUT2D eigenvalue weighted by Crippen LogP contribution is -2.37. The molecule has 0 rings (SSSR count). The van der Waals surface area contributed by atoms with Crippen LogP contribution in [0.1, 0.15) is 1.43 Å². The van der Waals surface area contributed by atoms with Gasteiger partial charge in [0.25, 0.3) is 0 Å². The standard InChI is InChI=1S/C4H12N.CH2O3/c1-5(2,3)4;2-1(3)4/h1-4H3;(H2,2,3,4)/q+1;/p-1. The summed E-state index contributed by atoms with van der Waals surface area (Å²) in [5.41, 5.74) is 0. The molecule has 56 valence electrons. The number of nitrogens with zero attached hydrogens (tertiary/aromatic N) is 1. The highest BCUT2D eigenvalue weighted by atomic mass is 16.6. The summed E-state index contributed by atoms with van der Waals surface area (Å²) in [4.78, 5) is 8.33. The van der Waals surface area contributed by atoms with Crippen molar-refractivity contribution in [2.45, 2.75) is 0 Å². The van der Waals surface area contributed by atoms with Crippen molar-refractivity contribution in [1.82, 2.24) is 0 Å². The average molecular weight is 135 g/mol. The molecule has 0 bridgehead atoms. The van der Waals surface area contributed by atoms with Crippen molar-refractivity contribution < 1.29 is 20.9 Å². The van der Waals surface area contributed by atoms with Crippen LogP contribution < -0.4 is 10.2 Å². The molecule has 0 aliphatic heterocycles. The molecule has 4 nitrogen and oxygen atoms in total. The summed E-state index contributed by atoms with van der Waals surface area (Å²) in [5.74, 6) is 0. The van der Waals surface area contributed by atoms with Crippen LogP contribution >= 0.6 is 0 Å². The Bertz CT molecular complexity index is 79.4. The highest BCUT2D eigenvalue weighted by molar-refractivity contribution is 5.47. The first-order valence-corrected chi connectivity index (χ1v) is 2.40. The topological polar surface area (TPSA) is 63.2 Å². The maximum atomic E-state index is 8.33. The van der Waals surface area contributed by atoms with Crippen LogP contribution in [0.25, 0.3) is 0 Å². The predicted octanol–water partition coefficient (Wildman–Crippen LogP) is -2.01. The lowest BCUT2D eigenvalue weighted by molar-refractivity contribution is -0.849. The molecule has 0 aliphatic carbocycles. The minimum Gasteiger partial charge on any atom is -0.652 e. The predicted molar refractivity (Wildman–Crippen MR) is 30.5 cm³/mol. The fourth-order valence-corrected chi connectivity index (χ4v) is 0. The fourth-order valence-electron chi connectivity index (χ4n) is 0. The maximum Gasteiger partial charge on any atom is 1.00 e. The van der Waals surface area contributed by atoms with Crippen molar-refractivity contribution in [3.8, 4) is 0 Å². The van der Waals surface area contributed by atoms with E-state index in [1.807, 2.05) is 0 Å². The first kappa shape index (κ1) is 11.1. The number of carboxylic acid groups (broad SMARTS) is 2. The first-order chi connectivity index (χ1) is 3.73. The van der Waals surface area contributed by atoms with Gasteiger partial charge in [0.15, 0.2) is 0 Å². The van der Waals surface area contributed by atoms with Gasteiger partial charge in [-0.2, -0.15) is 0 Å². The van der Waals surface area contributed by atoms with E-state index in [4.69, 9.17) is 15.0 Å². The zero-order chi connectivity index (χ0) is 8.08. The SMILES string of the molecule is C[N+](C)(C)C.O=C([O-])[O-].[H+]. The summed E-state index contributed by atoms with van der Waals surface area (Å²) in [6.07, 6.45) is -2.33. The van der Waals surface area contributed by atoms with E-state index in [0.29, 0.717) is 0 Å². The third kappa shape index (κ3) is 334. The quantitative estimate of drug-likeness (QED) is 0.360. The number of carbonyl (C=O) groups is 1. The van der Waals surface area contributed by atoms with Gasteiger partial charge < -0.3 is 19.5 Å². The molecule has 0 amide bonds. The number of rotatable bonds is 0. The molecule has 0 aromatic carbocycles. The number of quaternary nitrogens is 1.